The Morgan fingerprint density at radius 2 is 1.97 bits per heavy atom. The van der Waals surface area contributed by atoms with Crippen LogP contribution in [0.25, 0.3) is 21.0 Å². The number of aliphatic imine (C=N–C) groups is 1. The standard InChI is InChI=1S/C21H13N3O6S3/c25-21(26)17-10-31-19(23-17)20-22-16-8-1-11-9-13(4-7-15(11)18(16)32-20)30-33(29)14-5-2-12(3-6-14)24(27)28/h1-9,17H,10H2,(H,25,26). The second kappa shape index (κ2) is 8.54. The summed E-state index contributed by atoms with van der Waals surface area (Å²) < 4.78 is 19.0. The third-order valence-electron chi connectivity index (χ3n) is 4.87. The van der Waals surface area contributed by atoms with Crippen molar-refractivity contribution in [1.29, 1.82) is 0 Å². The molecule has 0 bridgehead atoms. The van der Waals surface area contributed by atoms with E-state index >= 15 is 0 Å². The average molecular weight is 500 g/mol. The summed E-state index contributed by atoms with van der Waals surface area (Å²) >= 11 is 1.00. The second-order valence-corrected chi connectivity index (χ2v) is 10.1. The Kier molecular flexibility index (Phi) is 5.56. The van der Waals surface area contributed by atoms with E-state index in [1.807, 2.05) is 18.2 Å². The number of non-ortho nitro benzene ring substituents is 1. The minimum Gasteiger partial charge on any atom is -0.480 e. The van der Waals surface area contributed by atoms with Gasteiger partial charge >= 0.3 is 5.97 Å². The van der Waals surface area contributed by atoms with Gasteiger partial charge in [0, 0.05) is 23.3 Å². The summed E-state index contributed by atoms with van der Waals surface area (Å²) in [6.45, 7) is 0. The Balaban J connectivity index is 1.42. The van der Waals surface area contributed by atoms with E-state index in [-0.39, 0.29) is 5.69 Å². The number of hydrogen-bond acceptors (Lipinski definition) is 9. The number of carbonyl (C=O) groups is 1. The molecule has 0 saturated heterocycles. The zero-order valence-corrected chi connectivity index (χ0v) is 19.0. The molecule has 166 valence electrons. The van der Waals surface area contributed by atoms with E-state index in [2.05, 4.69) is 9.98 Å². The van der Waals surface area contributed by atoms with Crippen LogP contribution in [-0.2, 0) is 15.9 Å². The van der Waals surface area contributed by atoms with Crippen LogP contribution >= 0.6 is 23.1 Å². The highest BCUT2D eigenvalue weighted by atomic mass is 32.2. The van der Waals surface area contributed by atoms with E-state index < -0.39 is 28.0 Å². The van der Waals surface area contributed by atoms with Crippen molar-refractivity contribution in [2.24, 2.45) is 4.99 Å². The monoisotopic (exact) mass is 499 g/mol. The van der Waals surface area contributed by atoms with Gasteiger partial charge in [-0.25, -0.2) is 14.0 Å². The molecule has 0 fully saturated rings. The Labute approximate surface area is 196 Å². The number of carboxylic acids is 1. The normalized spacial score (nSPS) is 16.6. The maximum atomic E-state index is 12.5. The summed E-state index contributed by atoms with van der Waals surface area (Å²) in [5, 5.41) is 23.0. The number of aliphatic carboxylic acids is 1. The fraction of sp³-hybridized carbons (Fsp3) is 0.0952. The van der Waals surface area contributed by atoms with E-state index in [9.17, 15) is 19.1 Å². The summed E-state index contributed by atoms with van der Waals surface area (Å²) in [4.78, 5) is 30.6. The molecule has 1 aromatic heterocycles. The lowest BCUT2D eigenvalue weighted by atomic mass is 10.1. The lowest BCUT2D eigenvalue weighted by Crippen LogP contribution is -2.17. The van der Waals surface area contributed by atoms with E-state index in [0.717, 1.165) is 21.0 Å². The number of fused-ring (bicyclic) bond motifs is 3. The lowest BCUT2D eigenvalue weighted by molar-refractivity contribution is -0.384. The number of carboxylic acid groups (broad SMARTS) is 1. The van der Waals surface area contributed by atoms with Gasteiger partial charge in [0.2, 0.25) is 11.1 Å². The predicted molar refractivity (Wildman–Crippen MR) is 128 cm³/mol. The summed E-state index contributed by atoms with van der Waals surface area (Å²) in [5.74, 6) is -0.153. The van der Waals surface area contributed by atoms with Crippen LogP contribution in [0.2, 0.25) is 0 Å². The molecule has 5 rings (SSSR count). The highest BCUT2D eigenvalue weighted by molar-refractivity contribution is 8.15. The van der Waals surface area contributed by atoms with E-state index in [1.165, 1.54) is 47.4 Å². The number of nitro benzene ring substituents is 1. The van der Waals surface area contributed by atoms with Crippen molar-refractivity contribution in [2.45, 2.75) is 10.9 Å². The Morgan fingerprint density at radius 3 is 2.67 bits per heavy atom. The molecular weight excluding hydrogens is 486 g/mol. The molecule has 12 heteroatoms. The van der Waals surface area contributed by atoms with Crippen LogP contribution in [0.3, 0.4) is 0 Å². The molecule has 33 heavy (non-hydrogen) atoms. The van der Waals surface area contributed by atoms with Crippen LogP contribution < -0.4 is 4.18 Å². The highest BCUT2D eigenvalue weighted by Crippen LogP contribution is 2.35. The molecule has 0 radical (unpaired) electrons. The zero-order valence-electron chi connectivity index (χ0n) is 16.5. The van der Waals surface area contributed by atoms with E-state index in [1.54, 1.807) is 12.1 Å². The van der Waals surface area contributed by atoms with Crippen molar-refractivity contribution in [3.05, 3.63) is 69.7 Å². The summed E-state index contributed by atoms with van der Waals surface area (Å²) in [7, 11) is 0. The van der Waals surface area contributed by atoms with Gasteiger partial charge in [0.15, 0.2) is 6.04 Å². The minimum absolute atomic E-state index is 0.0881. The maximum Gasteiger partial charge on any atom is 0.329 e. The first kappa shape index (κ1) is 21.5. The van der Waals surface area contributed by atoms with Crippen LogP contribution in [0.1, 0.15) is 5.01 Å². The molecule has 0 saturated carbocycles. The van der Waals surface area contributed by atoms with Gasteiger partial charge in [-0.2, -0.15) is 0 Å². The SMILES string of the molecule is O=C(O)C1CSC(c2nc3ccc4cc(OS(=O)c5ccc([N+](=O)[O-])cc5)ccc4c3s2)=N1. The summed E-state index contributed by atoms with van der Waals surface area (Å²) in [6, 6.07) is 13.7. The van der Waals surface area contributed by atoms with Crippen LogP contribution in [0, 0.1) is 10.1 Å². The first-order valence-electron chi connectivity index (χ1n) is 9.51. The number of hydrogen-bond donors (Lipinski definition) is 1. The van der Waals surface area contributed by atoms with Gasteiger partial charge in [-0.05, 0) is 41.8 Å². The number of thioether (sulfide) groups is 1. The average Bonchev–Trinajstić information content (AvgIpc) is 3.46. The van der Waals surface area contributed by atoms with Crippen LogP contribution in [-0.4, -0.2) is 42.0 Å². The number of nitrogens with zero attached hydrogens (tertiary/aromatic N) is 3. The van der Waals surface area contributed by atoms with Crippen molar-refractivity contribution in [2.75, 3.05) is 5.75 Å². The molecule has 0 amide bonds. The smallest absolute Gasteiger partial charge is 0.329 e. The molecule has 4 aromatic rings. The van der Waals surface area contributed by atoms with Crippen molar-refractivity contribution in [3.63, 3.8) is 0 Å². The number of thiazole rings is 1. The van der Waals surface area contributed by atoms with Gasteiger partial charge in [-0.15, -0.1) is 23.1 Å². The molecule has 0 aliphatic carbocycles. The molecule has 9 nitrogen and oxygen atoms in total. The van der Waals surface area contributed by atoms with Crippen LogP contribution in [0.15, 0.2) is 64.5 Å². The molecule has 2 atom stereocenters. The van der Waals surface area contributed by atoms with Gasteiger partial charge in [-0.3, -0.25) is 15.1 Å². The van der Waals surface area contributed by atoms with Gasteiger partial charge < -0.3 is 9.29 Å². The molecule has 2 unspecified atom stereocenters. The summed E-state index contributed by atoms with van der Waals surface area (Å²) in [5.41, 5.74) is 0.697. The number of rotatable bonds is 6. The van der Waals surface area contributed by atoms with Crippen molar-refractivity contribution >= 4 is 71.9 Å². The molecule has 2 heterocycles. The molecule has 0 spiro atoms. The Hall–Kier alpha value is -3.35. The number of aromatic nitrogens is 1. The van der Waals surface area contributed by atoms with Crippen molar-refractivity contribution in [3.8, 4) is 5.75 Å². The van der Waals surface area contributed by atoms with Gasteiger partial charge in [0.25, 0.3) is 5.69 Å². The number of nitro groups is 1. The molecule has 1 aliphatic heterocycles. The number of benzene rings is 3. The first-order valence-corrected chi connectivity index (χ1v) is 12.4. The molecule has 1 aliphatic rings. The van der Waals surface area contributed by atoms with Crippen LogP contribution in [0.5, 0.6) is 5.75 Å². The predicted octanol–water partition coefficient (Wildman–Crippen LogP) is 4.41. The third-order valence-corrected chi connectivity index (χ3v) is 8.17. The zero-order chi connectivity index (χ0) is 23.1. The van der Waals surface area contributed by atoms with Crippen molar-refractivity contribution in [1.82, 2.24) is 4.98 Å². The fourth-order valence-corrected chi connectivity index (χ4v) is 6.20. The molecule has 1 N–H and O–H groups in total. The van der Waals surface area contributed by atoms with E-state index in [0.29, 0.717) is 26.4 Å². The molecule has 3 aromatic carbocycles. The maximum absolute atomic E-state index is 12.5. The summed E-state index contributed by atoms with van der Waals surface area (Å²) in [6.07, 6.45) is 0. The lowest BCUT2D eigenvalue weighted by Gasteiger charge is -2.06. The quantitative estimate of drug-likeness (QED) is 0.305. The second-order valence-electron chi connectivity index (χ2n) is 6.98. The van der Waals surface area contributed by atoms with Gasteiger partial charge in [0.05, 0.1) is 20.0 Å². The Bertz CT molecular complexity index is 1480. The van der Waals surface area contributed by atoms with Crippen molar-refractivity contribution < 1.29 is 23.2 Å². The Morgan fingerprint density at radius 1 is 1.18 bits per heavy atom. The minimum atomic E-state index is -1.83. The molecular formula is C21H13N3O6S3. The van der Waals surface area contributed by atoms with Gasteiger partial charge in [0.1, 0.15) is 15.8 Å². The van der Waals surface area contributed by atoms with Crippen LogP contribution in [0.4, 0.5) is 5.69 Å². The fourth-order valence-electron chi connectivity index (χ4n) is 3.27. The first-order chi connectivity index (χ1) is 15.9. The van der Waals surface area contributed by atoms with E-state index in [4.69, 9.17) is 9.29 Å². The third kappa shape index (κ3) is 4.19. The highest BCUT2D eigenvalue weighted by Gasteiger charge is 2.27. The van der Waals surface area contributed by atoms with Gasteiger partial charge in [-0.1, -0.05) is 6.07 Å². The largest absolute Gasteiger partial charge is 0.480 e. The topological polar surface area (TPSA) is 132 Å².